The van der Waals surface area contributed by atoms with Gasteiger partial charge in [0.15, 0.2) is 0 Å². The third-order valence-corrected chi connectivity index (χ3v) is 7.18. The minimum Gasteiger partial charge on any atom is -0.488 e. The van der Waals surface area contributed by atoms with E-state index in [9.17, 15) is 8.78 Å². The van der Waals surface area contributed by atoms with Crippen LogP contribution in [0.3, 0.4) is 0 Å². The maximum atomic E-state index is 15.7. The van der Waals surface area contributed by atoms with Crippen molar-refractivity contribution in [3.8, 4) is 5.75 Å². The van der Waals surface area contributed by atoms with Gasteiger partial charge in [-0.2, -0.15) is 0 Å². The van der Waals surface area contributed by atoms with E-state index in [1.165, 1.54) is 11.6 Å². The Morgan fingerprint density at radius 3 is 2.63 bits per heavy atom. The number of likely N-dealkylation sites (tertiary alicyclic amines) is 1. The third kappa shape index (κ3) is 4.94. The zero-order chi connectivity index (χ0) is 24.7. The van der Waals surface area contributed by atoms with Crippen LogP contribution in [-0.2, 0) is 6.42 Å². The van der Waals surface area contributed by atoms with Crippen LogP contribution in [0.2, 0.25) is 0 Å². The van der Waals surface area contributed by atoms with E-state index in [4.69, 9.17) is 4.74 Å². The molecule has 0 saturated carbocycles. The number of para-hydroxylation sites is 1. The molecule has 0 aliphatic carbocycles. The number of aromatic amines is 1. The van der Waals surface area contributed by atoms with Crippen LogP contribution in [0.15, 0.2) is 42.5 Å². The molecule has 5 rings (SSSR count). The molecule has 1 aromatic heterocycles. The first-order valence-corrected chi connectivity index (χ1v) is 12.5. The molecule has 3 heterocycles. The van der Waals surface area contributed by atoms with Gasteiger partial charge in [0, 0.05) is 60.4 Å². The zero-order valence-electron chi connectivity index (χ0n) is 20.7. The fraction of sp³-hybridized carbons (Fsp3) is 0.500. The lowest BCUT2D eigenvalue weighted by atomic mass is 9.87. The monoisotopic (exact) mass is 485 g/mol. The molecule has 1 N–H and O–H groups in total. The number of aromatic nitrogens is 1. The summed E-state index contributed by atoms with van der Waals surface area (Å²) in [5.74, 6) is 0.126. The van der Waals surface area contributed by atoms with Crippen LogP contribution in [0.1, 0.15) is 50.1 Å². The average Bonchev–Trinajstić information content (AvgIpc) is 3.13. The van der Waals surface area contributed by atoms with Gasteiger partial charge in [-0.25, -0.2) is 8.78 Å². The number of benzene rings is 2. The normalized spacial score (nSPS) is 21.8. The quantitative estimate of drug-likeness (QED) is 0.437. The number of H-pyrrole nitrogens is 1. The highest BCUT2D eigenvalue weighted by atomic mass is 19.1. The molecule has 188 valence electrons. The number of alkyl halides is 2. The van der Waals surface area contributed by atoms with Gasteiger partial charge in [-0.1, -0.05) is 24.3 Å². The molecule has 0 bridgehead atoms. The number of nitrogens with one attached hydrogen (secondary N) is 1. The molecule has 0 unspecified atom stereocenters. The highest BCUT2D eigenvalue weighted by molar-refractivity contribution is 5.85. The van der Waals surface area contributed by atoms with Crippen LogP contribution in [0, 0.1) is 5.82 Å². The number of rotatable bonds is 8. The van der Waals surface area contributed by atoms with Crippen molar-refractivity contribution in [3.63, 3.8) is 0 Å². The number of ether oxygens (including phenoxy) is 1. The minimum absolute atomic E-state index is 0.0151. The van der Waals surface area contributed by atoms with E-state index in [-0.39, 0.29) is 31.2 Å². The molecule has 4 nitrogen and oxygen atoms in total. The standard InChI is InChI=1S/C28H34F3N3O/c1-18-13-23-21-7-4-5-8-25(21)32-26(23)27(34(18)17-28(2,3)31)22-10-9-19(14-24(22)30)35-20-15-33(16-20)12-6-11-29/h4-5,7-10,14,18,20,27,32H,6,11-13,15-17H2,1-3H3/t18-,27-/m1/s1. The van der Waals surface area contributed by atoms with Gasteiger partial charge in [-0.15, -0.1) is 0 Å². The van der Waals surface area contributed by atoms with Crippen molar-refractivity contribution < 1.29 is 17.9 Å². The number of fused-ring (bicyclic) bond motifs is 3. The van der Waals surface area contributed by atoms with Gasteiger partial charge in [-0.05, 0) is 51.3 Å². The molecular weight excluding hydrogens is 451 g/mol. The molecule has 2 aliphatic heterocycles. The van der Waals surface area contributed by atoms with Crippen LogP contribution in [-0.4, -0.2) is 65.5 Å². The summed E-state index contributed by atoms with van der Waals surface area (Å²) >= 11 is 0. The van der Waals surface area contributed by atoms with E-state index in [1.807, 2.05) is 24.3 Å². The molecule has 1 fully saturated rings. The smallest absolute Gasteiger partial charge is 0.132 e. The maximum absolute atomic E-state index is 15.7. The van der Waals surface area contributed by atoms with Gasteiger partial charge in [0.05, 0.1) is 12.7 Å². The Labute approximate surface area is 205 Å². The van der Waals surface area contributed by atoms with Crippen molar-refractivity contribution in [2.75, 3.05) is 32.9 Å². The third-order valence-electron chi connectivity index (χ3n) is 7.18. The molecule has 0 spiro atoms. The second kappa shape index (κ2) is 9.51. The largest absolute Gasteiger partial charge is 0.488 e. The summed E-state index contributed by atoms with van der Waals surface area (Å²) in [5.41, 5.74) is 2.21. The van der Waals surface area contributed by atoms with E-state index in [1.54, 1.807) is 19.9 Å². The van der Waals surface area contributed by atoms with Crippen molar-refractivity contribution in [2.24, 2.45) is 0 Å². The Bertz CT molecular complexity index is 1180. The summed E-state index contributed by atoms with van der Waals surface area (Å²) in [5, 5.41) is 1.14. The number of nitrogens with zero attached hydrogens (tertiary/aromatic N) is 2. The van der Waals surface area contributed by atoms with Gasteiger partial charge in [0.2, 0.25) is 0 Å². The molecule has 3 aromatic rings. The van der Waals surface area contributed by atoms with Crippen LogP contribution >= 0.6 is 0 Å². The van der Waals surface area contributed by atoms with Crippen LogP contribution < -0.4 is 4.74 Å². The second-order valence-electron chi connectivity index (χ2n) is 10.6. The predicted octanol–water partition coefficient (Wildman–Crippen LogP) is 5.81. The molecule has 2 aliphatic rings. The van der Waals surface area contributed by atoms with Gasteiger partial charge in [-0.3, -0.25) is 14.2 Å². The van der Waals surface area contributed by atoms with E-state index in [0.717, 1.165) is 42.7 Å². The minimum atomic E-state index is -1.42. The Hall–Kier alpha value is -2.51. The first-order valence-electron chi connectivity index (χ1n) is 12.5. The predicted molar refractivity (Wildman–Crippen MR) is 133 cm³/mol. The van der Waals surface area contributed by atoms with E-state index >= 15 is 4.39 Å². The van der Waals surface area contributed by atoms with Crippen molar-refractivity contribution in [3.05, 3.63) is 65.1 Å². The number of hydrogen-bond acceptors (Lipinski definition) is 3. The van der Waals surface area contributed by atoms with Crippen molar-refractivity contribution in [2.45, 2.75) is 57.5 Å². The fourth-order valence-corrected chi connectivity index (χ4v) is 5.58. The van der Waals surface area contributed by atoms with Crippen molar-refractivity contribution >= 4 is 10.9 Å². The number of hydrogen-bond donors (Lipinski definition) is 1. The second-order valence-corrected chi connectivity index (χ2v) is 10.6. The zero-order valence-corrected chi connectivity index (χ0v) is 20.7. The van der Waals surface area contributed by atoms with Crippen LogP contribution in [0.25, 0.3) is 10.9 Å². The molecule has 35 heavy (non-hydrogen) atoms. The Kier molecular flexibility index (Phi) is 6.57. The molecule has 1 saturated heterocycles. The molecule has 7 heteroatoms. The van der Waals surface area contributed by atoms with Crippen LogP contribution in [0.4, 0.5) is 13.2 Å². The molecule has 0 amide bonds. The molecule has 2 aromatic carbocycles. The molecule has 0 radical (unpaired) electrons. The lowest BCUT2D eigenvalue weighted by Gasteiger charge is -2.43. The summed E-state index contributed by atoms with van der Waals surface area (Å²) < 4.78 is 48.9. The maximum Gasteiger partial charge on any atom is 0.132 e. The molecule has 2 atom stereocenters. The summed E-state index contributed by atoms with van der Waals surface area (Å²) in [7, 11) is 0. The Morgan fingerprint density at radius 1 is 1.14 bits per heavy atom. The first-order chi connectivity index (χ1) is 16.7. The first kappa shape index (κ1) is 24.2. The lowest BCUT2D eigenvalue weighted by Crippen LogP contribution is -2.53. The van der Waals surface area contributed by atoms with Crippen LogP contribution in [0.5, 0.6) is 5.75 Å². The van der Waals surface area contributed by atoms with E-state index in [2.05, 4.69) is 27.8 Å². The fourth-order valence-electron chi connectivity index (χ4n) is 5.58. The average molecular weight is 486 g/mol. The SMILES string of the molecule is C[C@@H]1Cc2c([nH]c3ccccc23)[C@@H](c2ccc(OC3CN(CCCF)C3)cc2F)N1CC(C)(C)F. The summed E-state index contributed by atoms with van der Waals surface area (Å²) in [6, 6.07) is 12.8. The van der Waals surface area contributed by atoms with Gasteiger partial charge in [0.25, 0.3) is 0 Å². The Morgan fingerprint density at radius 2 is 1.91 bits per heavy atom. The number of halogens is 3. The Balaban J connectivity index is 1.45. The van der Waals surface area contributed by atoms with E-state index < -0.39 is 11.7 Å². The van der Waals surface area contributed by atoms with Gasteiger partial charge in [0.1, 0.15) is 23.3 Å². The molecular formula is C28H34F3N3O. The highest BCUT2D eigenvalue weighted by Crippen LogP contribution is 2.42. The van der Waals surface area contributed by atoms with Gasteiger partial charge < -0.3 is 9.72 Å². The topological polar surface area (TPSA) is 31.5 Å². The van der Waals surface area contributed by atoms with Crippen molar-refractivity contribution in [1.29, 1.82) is 0 Å². The lowest BCUT2D eigenvalue weighted by molar-refractivity contribution is 0.0182. The van der Waals surface area contributed by atoms with Crippen molar-refractivity contribution in [1.82, 2.24) is 14.8 Å². The highest BCUT2D eigenvalue weighted by Gasteiger charge is 2.39. The van der Waals surface area contributed by atoms with E-state index in [0.29, 0.717) is 17.7 Å². The summed E-state index contributed by atoms with van der Waals surface area (Å²) in [4.78, 5) is 7.73. The summed E-state index contributed by atoms with van der Waals surface area (Å²) in [6.07, 6.45) is 1.28. The summed E-state index contributed by atoms with van der Waals surface area (Å²) in [6.45, 7) is 7.27. The van der Waals surface area contributed by atoms with Gasteiger partial charge >= 0.3 is 0 Å².